The van der Waals surface area contributed by atoms with Crippen molar-refractivity contribution in [2.75, 3.05) is 13.2 Å². The zero-order valence-corrected chi connectivity index (χ0v) is 10.2. The van der Waals surface area contributed by atoms with Gasteiger partial charge in [-0.05, 0) is 32.0 Å². The number of benzene rings is 1. The van der Waals surface area contributed by atoms with Gasteiger partial charge in [-0.1, -0.05) is 12.0 Å². The van der Waals surface area contributed by atoms with E-state index in [2.05, 4.69) is 5.92 Å². The smallest absolute Gasteiger partial charge is 0.254 e. The number of aliphatic hydroxyl groups excluding tert-OH is 1. The van der Waals surface area contributed by atoms with Crippen LogP contribution in [0.1, 0.15) is 29.8 Å². The molecule has 17 heavy (non-hydrogen) atoms. The number of nitrogens with zero attached hydrogens (tertiary/aromatic N) is 1. The lowest BCUT2D eigenvalue weighted by atomic mass is 10.1. The summed E-state index contributed by atoms with van der Waals surface area (Å²) in [5.41, 5.74) is 1.24. The van der Waals surface area contributed by atoms with Gasteiger partial charge in [0.15, 0.2) is 0 Å². The van der Waals surface area contributed by atoms with Crippen LogP contribution in [-0.2, 0) is 0 Å². The molecule has 0 unspecified atom stereocenters. The molecule has 0 atom stereocenters. The summed E-state index contributed by atoms with van der Waals surface area (Å²) in [6, 6.07) is 7.01. The maximum absolute atomic E-state index is 12.2. The van der Waals surface area contributed by atoms with Crippen molar-refractivity contribution in [3.63, 3.8) is 0 Å². The van der Waals surface area contributed by atoms with Crippen molar-refractivity contribution < 1.29 is 9.90 Å². The Kier molecular flexibility index (Phi) is 4.74. The van der Waals surface area contributed by atoms with Gasteiger partial charge in [0.1, 0.15) is 0 Å². The van der Waals surface area contributed by atoms with Crippen LogP contribution in [0.3, 0.4) is 0 Å². The molecule has 3 heteroatoms. The molecule has 1 aromatic carbocycles. The summed E-state index contributed by atoms with van der Waals surface area (Å²) in [5, 5.41) is 8.96. The fourth-order valence-electron chi connectivity index (χ4n) is 1.61. The topological polar surface area (TPSA) is 40.5 Å². The molecule has 0 fully saturated rings. The van der Waals surface area contributed by atoms with Crippen LogP contribution in [0.25, 0.3) is 0 Å². The largest absolute Gasteiger partial charge is 0.395 e. The highest BCUT2D eigenvalue weighted by atomic mass is 16.3. The van der Waals surface area contributed by atoms with Gasteiger partial charge in [-0.25, -0.2) is 0 Å². The van der Waals surface area contributed by atoms with Gasteiger partial charge in [0, 0.05) is 23.7 Å². The molecular formula is C14H17NO2. The van der Waals surface area contributed by atoms with Crippen LogP contribution in [0.15, 0.2) is 24.3 Å². The molecule has 1 aromatic rings. The molecule has 1 N–H and O–H groups in total. The molecule has 0 heterocycles. The van der Waals surface area contributed by atoms with Crippen LogP contribution in [0.4, 0.5) is 0 Å². The van der Waals surface area contributed by atoms with Gasteiger partial charge < -0.3 is 10.0 Å². The summed E-state index contributed by atoms with van der Waals surface area (Å²) in [7, 11) is 0. The van der Waals surface area contributed by atoms with E-state index in [1.807, 2.05) is 13.8 Å². The lowest BCUT2D eigenvalue weighted by molar-refractivity contribution is 0.0665. The van der Waals surface area contributed by atoms with Gasteiger partial charge in [-0.2, -0.15) is 0 Å². The zero-order chi connectivity index (χ0) is 12.8. The number of terminal acetylenes is 1. The maximum atomic E-state index is 12.2. The monoisotopic (exact) mass is 231 g/mol. The SMILES string of the molecule is C#Cc1cccc(C(=O)N(CCO)C(C)C)c1. The van der Waals surface area contributed by atoms with Crippen molar-refractivity contribution >= 4 is 5.91 Å². The van der Waals surface area contributed by atoms with Crippen LogP contribution in [0.5, 0.6) is 0 Å². The van der Waals surface area contributed by atoms with Crippen molar-refractivity contribution in [3.8, 4) is 12.3 Å². The number of hydrogen-bond acceptors (Lipinski definition) is 2. The standard InChI is InChI=1S/C14H17NO2/c1-4-12-6-5-7-13(10-12)14(17)15(8-9-16)11(2)3/h1,5-7,10-11,16H,8-9H2,2-3H3. The Labute approximate surface area is 102 Å². The predicted octanol–water partition coefficient (Wildman–Crippen LogP) is 1.51. The molecule has 0 bridgehead atoms. The first-order valence-corrected chi connectivity index (χ1v) is 5.58. The van der Waals surface area contributed by atoms with Crippen molar-refractivity contribution in [3.05, 3.63) is 35.4 Å². The van der Waals surface area contributed by atoms with E-state index in [9.17, 15) is 4.79 Å². The van der Waals surface area contributed by atoms with E-state index < -0.39 is 0 Å². The highest BCUT2D eigenvalue weighted by Gasteiger charge is 2.17. The third-order valence-electron chi connectivity index (χ3n) is 2.50. The Bertz CT molecular complexity index is 432. The van der Waals surface area contributed by atoms with Crippen LogP contribution in [0, 0.1) is 12.3 Å². The number of hydrogen-bond donors (Lipinski definition) is 1. The second kappa shape index (κ2) is 6.07. The van der Waals surface area contributed by atoms with Crippen molar-refractivity contribution in [2.45, 2.75) is 19.9 Å². The molecule has 0 aliphatic rings. The lowest BCUT2D eigenvalue weighted by Gasteiger charge is -2.26. The fraction of sp³-hybridized carbons (Fsp3) is 0.357. The Balaban J connectivity index is 2.97. The molecule has 1 rings (SSSR count). The molecular weight excluding hydrogens is 214 g/mol. The van der Waals surface area contributed by atoms with E-state index in [1.165, 1.54) is 0 Å². The summed E-state index contributed by atoms with van der Waals surface area (Å²) in [4.78, 5) is 13.8. The Morgan fingerprint density at radius 1 is 1.53 bits per heavy atom. The molecule has 0 aromatic heterocycles. The summed E-state index contributed by atoms with van der Waals surface area (Å²) < 4.78 is 0. The Morgan fingerprint density at radius 3 is 2.76 bits per heavy atom. The molecule has 0 saturated carbocycles. The van der Waals surface area contributed by atoms with E-state index in [1.54, 1.807) is 29.2 Å². The van der Waals surface area contributed by atoms with E-state index >= 15 is 0 Å². The average molecular weight is 231 g/mol. The first-order chi connectivity index (χ1) is 8.10. The first kappa shape index (κ1) is 13.3. The summed E-state index contributed by atoms with van der Waals surface area (Å²) in [6.07, 6.45) is 5.30. The predicted molar refractivity (Wildman–Crippen MR) is 67.6 cm³/mol. The van der Waals surface area contributed by atoms with Crippen LogP contribution in [-0.4, -0.2) is 35.1 Å². The van der Waals surface area contributed by atoms with Gasteiger partial charge >= 0.3 is 0 Å². The highest BCUT2D eigenvalue weighted by molar-refractivity contribution is 5.94. The number of rotatable bonds is 4. The number of aliphatic hydroxyl groups is 1. The fourth-order valence-corrected chi connectivity index (χ4v) is 1.61. The number of amides is 1. The molecule has 0 saturated heterocycles. The summed E-state index contributed by atoms with van der Waals surface area (Å²) >= 11 is 0. The Morgan fingerprint density at radius 2 is 2.24 bits per heavy atom. The van der Waals surface area contributed by atoms with Crippen molar-refractivity contribution in [2.24, 2.45) is 0 Å². The summed E-state index contributed by atoms with van der Waals surface area (Å²) in [5.74, 6) is 2.40. The lowest BCUT2D eigenvalue weighted by Crippen LogP contribution is -2.39. The third kappa shape index (κ3) is 3.33. The molecule has 0 aliphatic carbocycles. The number of carbonyl (C=O) groups excluding carboxylic acids is 1. The maximum Gasteiger partial charge on any atom is 0.254 e. The van der Waals surface area contributed by atoms with E-state index in [0.29, 0.717) is 17.7 Å². The second-order valence-electron chi connectivity index (χ2n) is 4.04. The van der Waals surface area contributed by atoms with Crippen molar-refractivity contribution in [1.29, 1.82) is 0 Å². The zero-order valence-electron chi connectivity index (χ0n) is 10.2. The van der Waals surface area contributed by atoms with Crippen LogP contribution < -0.4 is 0 Å². The van der Waals surface area contributed by atoms with Gasteiger partial charge in [0.25, 0.3) is 5.91 Å². The van der Waals surface area contributed by atoms with Gasteiger partial charge in [-0.3, -0.25) is 4.79 Å². The molecule has 0 aliphatic heterocycles. The highest BCUT2D eigenvalue weighted by Crippen LogP contribution is 2.10. The van der Waals surface area contributed by atoms with E-state index in [-0.39, 0.29) is 18.6 Å². The second-order valence-corrected chi connectivity index (χ2v) is 4.04. The minimum absolute atomic E-state index is 0.0429. The Hall–Kier alpha value is -1.79. The van der Waals surface area contributed by atoms with Gasteiger partial charge in [0.05, 0.1) is 6.61 Å². The number of carbonyl (C=O) groups is 1. The van der Waals surface area contributed by atoms with Crippen molar-refractivity contribution in [1.82, 2.24) is 4.90 Å². The van der Waals surface area contributed by atoms with Gasteiger partial charge in [-0.15, -0.1) is 6.42 Å². The minimum Gasteiger partial charge on any atom is -0.395 e. The quantitative estimate of drug-likeness (QED) is 0.798. The van der Waals surface area contributed by atoms with E-state index in [4.69, 9.17) is 11.5 Å². The van der Waals surface area contributed by atoms with E-state index in [0.717, 1.165) is 0 Å². The molecule has 3 nitrogen and oxygen atoms in total. The van der Waals surface area contributed by atoms with Gasteiger partial charge in [0.2, 0.25) is 0 Å². The minimum atomic E-state index is -0.105. The molecule has 0 radical (unpaired) electrons. The molecule has 90 valence electrons. The summed E-state index contributed by atoms with van der Waals surface area (Å²) in [6.45, 7) is 4.12. The normalized spacial score (nSPS) is 10.1. The van der Waals surface area contributed by atoms with Crippen LogP contribution in [0.2, 0.25) is 0 Å². The average Bonchev–Trinajstić information content (AvgIpc) is 2.34. The van der Waals surface area contributed by atoms with Crippen LogP contribution >= 0.6 is 0 Å². The molecule has 1 amide bonds. The third-order valence-corrected chi connectivity index (χ3v) is 2.50. The first-order valence-electron chi connectivity index (χ1n) is 5.58. The molecule has 0 spiro atoms.